The molecule has 2 amide bonds. The topological polar surface area (TPSA) is 61.4 Å². The van der Waals surface area contributed by atoms with E-state index in [9.17, 15) is 9.59 Å². The number of nitrogens with zero attached hydrogens (tertiary/aromatic N) is 1. The molecule has 0 aliphatic heterocycles. The number of amides is 2. The highest BCUT2D eigenvalue weighted by Crippen LogP contribution is 2.14. The first-order valence-electron chi connectivity index (χ1n) is 8.92. The Kier molecular flexibility index (Phi) is 7.21. The average molecular weight is 353 g/mol. The van der Waals surface area contributed by atoms with Crippen molar-refractivity contribution < 1.29 is 9.59 Å². The monoisotopic (exact) mass is 353 g/mol. The Hall–Kier alpha value is -2.82. The first-order chi connectivity index (χ1) is 12.5. The number of carbonyl (C=O) groups is 2. The SMILES string of the molecule is CCN(CCNC(=O)CNC(=O)c1cccc(C)c1)c1cccc(C)c1. The zero-order valence-corrected chi connectivity index (χ0v) is 15.7. The lowest BCUT2D eigenvalue weighted by Crippen LogP contribution is -2.40. The van der Waals surface area contributed by atoms with Gasteiger partial charge in [-0.2, -0.15) is 0 Å². The minimum absolute atomic E-state index is 0.0245. The zero-order valence-electron chi connectivity index (χ0n) is 15.7. The predicted octanol–water partition coefficient (Wildman–Crippen LogP) is 2.68. The van der Waals surface area contributed by atoms with Gasteiger partial charge in [0.1, 0.15) is 0 Å². The van der Waals surface area contributed by atoms with Crippen molar-refractivity contribution in [2.24, 2.45) is 0 Å². The fourth-order valence-corrected chi connectivity index (χ4v) is 2.74. The molecule has 0 aliphatic rings. The third kappa shape index (κ3) is 5.92. The van der Waals surface area contributed by atoms with Crippen LogP contribution in [-0.4, -0.2) is 38.0 Å². The van der Waals surface area contributed by atoms with E-state index in [2.05, 4.69) is 47.6 Å². The largest absolute Gasteiger partial charge is 0.370 e. The Balaban J connectivity index is 1.75. The van der Waals surface area contributed by atoms with Crippen LogP contribution in [0.15, 0.2) is 48.5 Å². The number of hydrogen-bond donors (Lipinski definition) is 2. The summed E-state index contributed by atoms with van der Waals surface area (Å²) in [7, 11) is 0. The molecule has 5 heteroatoms. The Morgan fingerprint density at radius 1 is 0.962 bits per heavy atom. The van der Waals surface area contributed by atoms with Gasteiger partial charge in [-0.3, -0.25) is 9.59 Å². The molecule has 5 nitrogen and oxygen atoms in total. The van der Waals surface area contributed by atoms with E-state index >= 15 is 0 Å². The van der Waals surface area contributed by atoms with Gasteiger partial charge in [-0.25, -0.2) is 0 Å². The number of anilines is 1. The maximum absolute atomic E-state index is 12.0. The van der Waals surface area contributed by atoms with Crippen LogP contribution >= 0.6 is 0 Å². The molecule has 0 fully saturated rings. The van der Waals surface area contributed by atoms with E-state index in [-0.39, 0.29) is 18.4 Å². The predicted molar refractivity (Wildman–Crippen MR) is 106 cm³/mol. The van der Waals surface area contributed by atoms with Crippen molar-refractivity contribution in [2.75, 3.05) is 31.1 Å². The first-order valence-corrected chi connectivity index (χ1v) is 8.92. The molecule has 0 bridgehead atoms. The summed E-state index contributed by atoms with van der Waals surface area (Å²) in [5.41, 5.74) is 3.94. The van der Waals surface area contributed by atoms with Gasteiger partial charge >= 0.3 is 0 Å². The molecule has 2 aromatic carbocycles. The second-order valence-corrected chi connectivity index (χ2v) is 6.32. The van der Waals surface area contributed by atoms with Gasteiger partial charge in [0.25, 0.3) is 5.91 Å². The van der Waals surface area contributed by atoms with Gasteiger partial charge in [-0.1, -0.05) is 29.8 Å². The molecule has 0 saturated carbocycles. The molecule has 0 heterocycles. The van der Waals surface area contributed by atoms with Crippen molar-refractivity contribution in [3.05, 3.63) is 65.2 Å². The fourth-order valence-electron chi connectivity index (χ4n) is 2.74. The van der Waals surface area contributed by atoms with Crippen LogP contribution in [0.3, 0.4) is 0 Å². The smallest absolute Gasteiger partial charge is 0.251 e. The third-order valence-corrected chi connectivity index (χ3v) is 4.14. The summed E-state index contributed by atoms with van der Waals surface area (Å²) in [5, 5.41) is 5.51. The maximum Gasteiger partial charge on any atom is 0.251 e. The number of aryl methyl sites for hydroxylation is 2. The number of benzene rings is 2. The molecule has 0 aliphatic carbocycles. The number of nitrogens with one attached hydrogen (secondary N) is 2. The molecule has 26 heavy (non-hydrogen) atoms. The highest BCUT2D eigenvalue weighted by molar-refractivity contribution is 5.96. The van der Waals surface area contributed by atoms with Crippen LogP contribution in [0.4, 0.5) is 5.69 Å². The molecule has 0 spiro atoms. The lowest BCUT2D eigenvalue weighted by atomic mass is 10.1. The Morgan fingerprint density at radius 3 is 2.31 bits per heavy atom. The number of rotatable bonds is 8. The Labute approximate surface area is 155 Å². The van der Waals surface area contributed by atoms with Gasteiger partial charge in [0.05, 0.1) is 6.54 Å². The third-order valence-electron chi connectivity index (χ3n) is 4.14. The Bertz CT molecular complexity index is 758. The van der Waals surface area contributed by atoms with Crippen LogP contribution in [0, 0.1) is 13.8 Å². The van der Waals surface area contributed by atoms with Crippen molar-refractivity contribution >= 4 is 17.5 Å². The summed E-state index contributed by atoms with van der Waals surface area (Å²) in [6.07, 6.45) is 0. The quantitative estimate of drug-likeness (QED) is 0.767. The number of hydrogen-bond acceptors (Lipinski definition) is 3. The van der Waals surface area contributed by atoms with Gasteiger partial charge in [0.2, 0.25) is 5.91 Å². The maximum atomic E-state index is 12.0. The van der Waals surface area contributed by atoms with Crippen LogP contribution < -0.4 is 15.5 Å². The van der Waals surface area contributed by atoms with Crippen molar-refractivity contribution in [3.8, 4) is 0 Å². The number of carbonyl (C=O) groups excluding carboxylic acids is 2. The molecule has 0 atom stereocenters. The minimum Gasteiger partial charge on any atom is -0.370 e. The molecule has 0 unspecified atom stereocenters. The van der Waals surface area contributed by atoms with E-state index < -0.39 is 0 Å². The first kappa shape index (κ1) is 19.5. The molecular weight excluding hydrogens is 326 g/mol. The van der Waals surface area contributed by atoms with Crippen molar-refractivity contribution in [2.45, 2.75) is 20.8 Å². The number of likely N-dealkylation sites (N-methyl/N-ethyl adjacent to an activating group) is 1. The van der Waals surface area contributed by atoms with Crippen molar-refractivity contribution in [3.63, 3.8) is 0 Å². The van der Waals surface area contributed by atoms with E-state index in [4.69, 9.17) is 0 Å². The van der Waals surface area contributed by atoms with Gasteiger partial charge in [-0.05, 0) is 50.6 Å². The van der Waals surface area contributed by atoms with E-state index in [1.165, 1.54) is 5.56 Å². The summed E-state index contributed by atoms with van der Waals surface area (Å²) in [4.78, 5) is 26.2. The summed E-state index contributed by atoms with van der Waals surface area (Å²) < 4.78 is 0. The van der Waals surface area contributed by atoms with E-state index in [0.29, 0.717) is 12.1 Å². The summed E-state index contributed by atoms with van der Waals surface area (Å²) >= 11 is 0. The molecule has 0 saturated heterocycles. The van der Waals surface area contributed by atoms with Crippen LogP contribution in [-0.2, 0) is 4.79 Å². The summed E-state index contributed by atoms with van der Waals surface area (Å²) in [6, 6.07) is 15.6. The normalized spacial score (nSPS) is 10.3. The molecule has 138 valence electrons. The summed E-state index contributed by atoms with van der Waals surface area (Å²) in [6.45, 7) is 8.17. The fraction of sp³-hybridized carbons (Fsp3) is 0.333. The van der Waals surface area contributed by atoms with Crippen LogP contribution in [0.5, 0.6) is 0 Å². The molecule has 2 aromatic rings. The second kappa shape index (κ2) is 9.61. The van der Waals surface area contributed by atoms with E-state index in [1.54, 1.807) is 12.1 Å². The lowest BCUT2D eigenvalue weighted by molar-refractivity contribution is -0.120. The zero-order chi connectivity index (χ0) is 18.9. The summed E-state index contributed by atoms with van der Waals surface area (Å²) in [5.74, 6) is -0.426. The minimum atomic E-state index is -0.237. The highest BCUT2D eigenvalue weighted by atomic mass is 16.2. The average Bonchev–Trinajstić information content (AvgIpc) is 2.63. The molecular formula is C21H27N3O2. The van der Waals surface area contributed by atoms with Crippen LogP contribution in [0.2, 0.25) is 0 Å². The van der Waals surface area contributed by atoms with Crippen molar-refractivity contribution in [1.29, 1.82) is 0 Å². The highest BCUT2D eigenvalue weighted by Gasteiger charge is 2.09. The lowest BCUT2D eigenvalue weighted by Gasteiger charge is -2.23. The van der Waals surface area contributed by atoms with Gasteiger partial charge in [-0.15, -0.1) is 0 Å². The van der Waals surface area contributed by atoms with E-state index in [1.807, 2.05) is 25.1 Å². The van der Waals surface area contributed by atoms with Crippen molar-refractivity contribution in [1.82, 2.24) is 10.6 Å². The Morgan fingerprint density at radius 2 is 1.65 bits per heavy atom. The molecule has 2 rings (SSSR count). The standard InChI is InChI=1S/C21H27N3O2/c1-4-24(19-10-6-8-17(3)14-19)12-11-22-20(25)15-23-21(26)18-9-5-7-16(2)13-18/h5-10,13-14H,4,11-12,15H2,1-3H3,(H,22,25)(H,23,26). The van der Waals surface area contributed by atoms with E-state index in [0.717, 1.165) is 24.3 Å². The van der Waals surface area contributed by atoms with Gasteiger partial charge in [0.15, 0.2) is 0 Å². The molecule has 0 radical (unpaired) electrons. The molecule has 2 N–H and O–H groups in total. The molecule has 0 aromatic heterocycles. The second-order valence-electron chi connectivity index (χ2n) is 6.32. The van der Waals surface area contributed by atoms with Gasteiger partial charge in [0, 0.05) is 30.9 Å². The van der Waals surface area contributed by atoms with Crippen LogP contribution in [0.1, 0.15) is 28.4 Å². The van der Waals surface area contributed by atoms with Gasteiger partial charge < -0.3 is 15.5 Å². The van der Waals surface area contributed by atoms with Crippen LogP contribution in [0.25, 0.3) is 0 Å².